The first-order valence-corrected chi connectivity index (χ1v) is 7.65. The molecule has 2 N–H and O–H groups in total. The van der Waals surface area contributed by atoms with E-state index in [1.165, 1.54) is 38.6 Å². The molecular formula is C15H33N3. The summed E-state index contributed by atoms with van der Waals surface area (Å²) in [6.45, 7) is 8.10. The van der Waals surface area contributed by atoms with Crippen LogP contribution in [0.1, 0.15) is 46.0 Å². The fraction of sp³-hybridized carbons (Fsp3) is 1.00. The number of hydrogen-bond donors (Lipinski definition) is 1. The van der Waals surface area contributed by atoms with Gasteiger partial charge in [-0.25, -0.2) is 0 Å². The fourth-order valence-electron chi connectivity index (χ4n) is 2.96. The molecule has 0 aromatic carbocycles. The van der Waals surface area contributed by atoms with Crippen molar-refractivity contribution in [3.8, 4) is 0 Å². The van der Waals surface area contributed by atoms with Crippen LogP contribution in [0.5, 0.6) is 0 Å². The Morgan fingerprint density at radius 1 is 1.06 bits per heavy atom. The van der Waals surface area contributed by atoms with Crippen molar-refractivity contribution >= 4 is 0 Å². The smallest absolute Gasteiger partial charge is 0.0247 e. The minimum absolute atomic E-state index is 0.383. The summed E-state index contributed by atoms with van der Waals surface area (Å²) in [6.07, 6.45) is 6.55. The highest BCUT2D eigenvalue weighted by molar-refractivity contribution is 4.85. The Morgan fingerprint density at radius 3 is 2.33 bits per heavy atom. The molecule has 1 rings (SSSR count). The van der Waals surface area contributed by atoms with E-state index >= 15 is 0 Å². The van der Waals surface area contributed by atoms with Gasteiger partial charge >= 0.3 is 0 Å². The van der Waals surface area contributed by atoms with Crippen LogP contribution in [0.25, 0.3) is 0 Å². The fourth-order valence-corrected chi connectivity index (χ4v) is 2.96. The second-order valence-electron chi connectivity index (χ2n) is 6.56. The van der Waals surface area contributed by atoms with E-state index in [2.05, 4.69) is 37.7 Å². The van der Waals surface area contributed by atoms with Crippen LogP contribution < -0.4 is 5.73 Å². The van der Waals surface area contributed by atoms with E-state index in [4.69, 9.17) is 5.73 Å². The van der Waals surface area contributed by atoms with E-state index in [-0.39, 0.29) is 0 Å². The molecule has 0 heterocycles. The molecule has 108 valence electrons. The van der Waals surface area contributed by atoms with Crippen molar-refractivity contribution in [3.63, 3.8) is 0 Å². The maximum atomic E-state index is 6.41. The molecule has 2 unspecified atom stereocenters. The van der Waals surface area contributed by atoms with Crippen LogP contribution >= 0.6 is 0 Å². The summed E-state index contributed by atoms with van der Waals surface area (Å²) in [5, 5.41) is 0. The normalized spacial score (nSPS) is 26.0. The first kappa shape index (κ1) is 15.9. The monoisotopic (exact) mass is 255 g/mol. The van der Waals surface area contributed by atoms with Gasteiger partial charge in [0.15, 0.2) is 0 Å². The van der Waals surface area contributed by atoms with Crippen LogP contribution in [0, 0.1) is 5.92 Å². The van der Waals surface area contributed by atoms with Gasteiger partial charge < -0.3 is 10.6 Å². The van der Waals surface area contributed by atoms with E-state index in [1.807, 2.05) is 0 Å². The zero-order valence-corrected chi connectivity index (χ0v) is 12.9. The quantitative estimate of drug-likeness (QED) is 0.738. The van der Waals surface area contributed by atoms with Crippen molar-refractivity contribution in [2.75, 3.05) is 33.7 Å². The van der Waals surface area contributed by atoms with Crippen LogP contribution in [0.15, 0.2) is 0 Å². The second-order valence-corrected chi connectivity index (χ2v) is 6.56. The lowest BCUT2D eigenvalue weighted by molar-refractivity contribution is 0.134. The van der Waals surface area contributed by atoms with Crippen LogP contribution in [-0.4, -0.2) is 55.6 Å². The topological polar surface area (TPSA) is 32.5 Å². The van der Waals surface area contributed by atoms with Crippen molar-refractivity contribution in [1.29, 1.82) is 0 Å². The zero-order valence-electron chi connectivity index (χ0n) is 12.9. The van der Waals surface area contributed by atoms with E-state index in [1.54, 1.807) is 0 Å². The first-order valence-electron chi connectivity index (χ1n) is 7.65. The van der Waals surface area contributed by atoms with E-state index in [0.717, 1.165) is 19.0 Å². The molecule has 0 spiro atoms. The number of nitrogens with two attached hydrogens (primary N) is 1. The molecule has 1 fully saturated rings. The molecule has 0 amide bonds. The third-order valence-corrected chi connectivity index (χ3v) is 3.93. The van der Waals surface area contributed by atoms with Gasteiger partial charge in [-0.3, -0.25) is 4.90 Å². The average molecular weight is 255 g/mol. The number of likely N-dealkylation sites (N-methyl/N-ethyl adjacent to an activating group) is 1. The second kappa shape index (κ2) is 8.13. The molecule has 1 aliphatic rings. The van der Waals surface area contributed by atoms with Crippen molar-refractivity contribution in [1.82, 2.24) is 9.80 Å². The summed E-state index contributed by atoms with van der Waals surface area (Å²) in [7, 11) is 4.31. The lowest BCUT2D eigenvalue weighted by Crippen LogP contribution is -2.50. The molecule has 2 atom stereocenters. The Balaban J connectivity index is 2.59. The standard InChI is InChI=1S/C15H33N3/c1-13(2)12-18(11-10-17(3)4)15-9-7-5-6-8-14(15)16/h13-15H,5-12,16H2,1-4H3. The van der Waals surface area contributed by atoms with Gasteiger partial charge in [-0.1, -0.05) is 33.1 Å². The van der Waals surface area contributed by atoms with Gasteiger partial charge in [0.1, 0.15) is 0 Å². The molecule has 0 bridgehead atoms. The van der Waals surface area contributed by atoms with Gasteiger partial charge in [0, 0.05) is 31.7 Å². The van der Waals surface area contributed by atoms with E-state index < -0.39 is 0 Å². The molecule has 0 aromatic rings. The van der Waals surface area contributed by atoms with Crippen molar-refractivity contribution in [2.45, 2.75) is 58.0 Å². The lowest BCUT2D eigenvalue weighted by atomic mass is 10.0. The minimum Gasteiger partial charge on any atom is -0.326 e. The van der Waals surface area contributed by atoms with Gasteiger partial charge in [-0.15, -0.1) is 0 Å². The predicted octanol–water partition coefficient (Wildman–Crippen LogP) is 2.17. The Hall–Kier alpha value is -0.120. The molecule has 18 heavy (non-hydrogen) atoms. The summed E-state index contributed by atoms with van der Waals surface area (Å²) in [6, 6.07) is 0.989. The Labute approximate surface area is 114 Å². The average Bonchev–Trinajstić information content (AvgIpc) is 2.48. The summed E-state index contributed by atoms with van der Waals surface area (Å²) in [5.41, 5.74) is 6.41. The van der Waals surface area contributed by atoms with E-state index in [9.17, 15) is 0 Å². The summed E-state index contributed by atoms with van der Waals surface area (Å²) >= 11 is 0. The van der Waals surface area contributed by atoms with Gasteiger partial charge in [0.25, 0.3) is 0 Å². The Bertz CT molecular complexity index is 216. The van der Waals surface area contributed by atoms with Gasteiger partial charge in [0.05, 0.1) is 0 Å². The molecule has 0 radical (unpaired) electrons. The van der Waals surface area contributed by atoms with E-state index in [0.29, 0.717) is 12.1 Å². The molecular weight excluding hydrogens is 222 g/mol. The Morgan fingerprint density at radius 2 is 1.72 bits per heavy atom. The minimum atomic E-state index is 0.383. The highest BCUT2D eigenvalue weighted by Gasteiger charge is 2.26. The highest BCUT2D eigenvalue weighted by atomic mass is 15.2. The van der Waals surface area contributed by atoms with Crippen molar-refractivity contribution in [2.24, 2.45) is 11.7 Å². The SMILES string of the molecule is CC(C)CN(CCN(C)C)C1CCCCCC1N. The lowest BCUT2D eigenvalue weighted by Gasteiger charge is -2.36. The zero-order chi connectivity index (χ0) is 13.5. The van der Waals surface area contributed by atoms with Crippen LogP contribution in [0.3, 0.4) is 0 Å². The number of hydrogen-bond acceptors (Lipinski definition) is 3. The molecule has 0 aliphatic heterocycles. The van der Waals surface area contributed by atoms with Crippen LogP contribution in [0.2, 0.25) is 0 Å². The number of rotatable bonds is 6. The van der Waals surface area contributed by atoms with Crippen molar-refractivity contribution < 1.29 is 0 Å². The summed E-state index contributed by atoms with van der Waals surface area (Å²) < 4.78 is 0. The van der Waals surface area contributed by atoms with Gasteiger partial charge in [-0.05, 0) is 32.9 Å². The third-order valence-electron chi connectivity index (χ3n) is 3.93. The van der Waals surface area contributed by atoms with Crippen LogP contribution in [-0.2, 0) is 0 Å². The summed E-state index contributed by atoms with van der Waals surface area (Å²) in [5.74, 6) is 0.725. The van der Waals surface area contributed by atoms with Crippen molar-refractivity contribution in [3.05, 3.63) is 0 Å². The maximum Gasteiger partial charge on any atom is 0.0247 e. The molecule has 1 aliphatic carbocycles. The molecule has 1 saturated carbocycles. The molecule has 3 heteroatoms. The highest BCUT2D eigenvalue weighted by Crippen LogP contribution is 2.22. The first-order chi connectivity index (χ1) is 8.50. The maximum absolute atomic E-state index is 6.41. The molecule has 0 aromatic heterocycles. The van der Waals surface area contributed by atoms with Gasteiger partial charge in [-0.2, -0.15) is 0 Å². The third kappa shape index (κ3) is 5.68. The largest absolute Gasteiger partial charge is 0.326 e. The summed E-state index contributed by atoms with van der Waals surface area (Å²) in [4.78, 5) is 4.93. The molecule has 3 nitrogen and oxygen atoms in total. The molecule has 0 saturated heterocycles. The number of nitrogens with zero attached hydrogens (tertiary/aromatic N) is 2. The van der Waals surface area contributed by atoms with Crippen LogP contribution in [0.4, 0.5) is 0 Å². The Kier molecular flexibility index (Phi) is 7.20. The van der Waals surface area contributed by atoms with Gasteiger partial charge in [0.2, 0.25) is 0 Å². The predicted molar refractivity (Wildman–Crippen MR) is 79.8 cm³/mol.